The van der Waals surface area contributed by atoms with Crippen molar-refractivity contribution < 1.29 is 0 Å². The SMILES string of the molecule is Cc1nnc(CN=C(NCCCN(C)c2ccccc2)NC(C)(C)C)n1C.I. The highest BCUT2D eigenvalue weighted by Crippen LogP contribution is 2.10. The zero-order chi connectivity index (χ0) is 19.9. The monoisotopic (exact) mass is 499 g/mol. The van der Waals surface area contributed by atoms with E-state index in [1.54, 1.807) is 0 Å². The first-order chi connectivity index (χ1) is 12.8. The second-order valence-electron chi connectivity index (χ2n) is 7.80. The second-order valence-corrected chi connectivity index (χ2v) is 7.80. The van der Waals surface area contributed by atoms with E-state index in [1.807, 2.05) is 24.6 Å². The number of aliphatic imine (C=N–C) groups is 1. The fourth-order valence-electron chi connectivity index (χ4n) is 2.57. The number of benzene rings is 1. The third kappa shape index (κ3) is 8.04. The summed E-state index contributed by atoms with van der Waals surface area (Å²) in [5.74, 6) is 2.54. The molecule has 0 bridgehead atoms. The topological polar surface area (TPSA) is 70.4 Å². The van der Waals surface area contributed by atoms with Crippen LogP contribution in [0.25, 0.3) is 0 Å². The van der Waals surface area contributed by atoms with Crippen LogP contribution in [0.4, 0.5) is 5.69 Å². The molecule has 2 rings (SSSR count). The number of aryl methyl sites for hydroxylation is 1. The van der Waals surface area contributed by atoms with E-state index >= 15 is 0 Å². The number of hydrogen-bond acceptors (Lipinski definition) is 4. The van der Waals surface area contributed by atoms with Gasteiger partial charge in [0.25, 0.3) is 0 Å². The Morgan fingerprint density at radius 3 is 2.43 bits per heavy atom. The van der Waals surface area contributed by atoms with Crippen LogP contribution in [0.1, 0.15) is 38.8 Å². The summed E-state index contributed by atoms with van der Waals surface area (Å²) in [5.41, 5.74) is 1.17. The van der Waals surface area contributed by atoms with Crippen LogP contribution in [0.2, 0.25) is 0 Å². The highest BCUT2D eigenvalue weighted by atomic mass is 127. The smallest absolute Gasteiger partial charge is 0.192 e. The first-order valence-electron chi connectivity index (χ1n) is 9.44. The Hall–Kier alpha value is -1.84. The Bertz CT molecular complexity index is 735. The maximum Gasteiger partial charge on any atom is 0.192 e. The number of guanidine groups is 1. The summed E-state index contributed by atoms with van der Waals surface area (Å²) in [7, 11) is 4.08. The zero-order valence-corrected chi connectivity index (χ0v) is 20.2. The standard InChI is InChI=1S/C20H33N7.HI/c1-16-24-25-18(27(16)6)15-22-19(23-20(2,3)4)21-13-10-14-26(5)17-11-8-7-9-12-17;/h7-9,11-12H,10,13-15H2,1-6H3,(H2,21,22,23);1H. The van der Waals surface area contributed by atoms with Crippen molar-refractivity contribution in [2.24, 2.45) is 12.0 Å². The summed E-state index contributed by atoms with van der Waals surface area (Å²) < 4.78 is 1.97. The maximum absolute atomic E-state index is 4.69. The van der Waals surface area contributed by atoms with Gasteiger partial charge in [-0.05, 0) is 46.2 Å². The normalized spacial score (nSPS) is 11.7. The van der Waals surface area contributed by atoms with Gasteiger partial charge in [0.15, 0.2) is 11.8 Å². The lowest BCUT2D eigenvalue weighted by Crippen LogP contribution is -2.48. The molecule has 0 fully saturated rings. The number of anilines is 1. The van der Waals surface area contributed by atoms with Crippen molar-refractivity contribution in [3.8, 4) is 0 Å². The largest absolute Gasteiger partial charge is 0.375 e. The van der Waals surface area contributed by atoms with Gasteiger partial charge in [-0.25, -0.2) is 4.99 Å². The second kappa shape index (κ2) is 11.2. The third-order valence-corrected chi connectivity index (χ3v) is 4.21. The average molecular weight is 499 g/mol. The number of nitrogens with zero attached hydrogens (tertiary/aromatic N) is 5. The van der Waals surface area contributed by atoms with Crippen molar-refractivity contribution >= 4 is 35.6 Å². The van der Waals surface area contributed by atoms with Gasteiger partial charge in [0, 0.05) is 38.4 Å². The molecular weight excluding hydrogens is 465 g/mol. The van der Waals surface area contributed by atoms with Gasteiger partial charge >= 0.3 is 0 Å². The first kappa shape index (κ1) is 24.2. The van der Waals surface area contributed by atoms with Gasteiger partial charge < -0.3 is 20.1 Å². The van der Waals surface area contributed by atoms with Crippen LogP contribution in [-0.2, 0) is 13.6 Å². The molecule has 2 aromatic rings. The van der Waals surface area contributed by atoms with E-state index < -0.39 is 0 Å². The van der Waals surface area contributed by atoms with Crippen molar-refractivity contribution in [2.45, 2.75) is 46.2 Å². The van der Waals surface area contributed by atoms with Crippen LogP contribution in [0.15, 0.2) is 35.3 Å². The molecule has 0 aliphatic heterocycles. The number of hydrogen-bond donors (Lipinski definition) is 2. The highest BCUT2D eigenvalue weighted by molar-refractivity contribution is 14.0. The van der Waals surface area contributed by atoms with Gasteiger partial charge in [-0.15, -0.1) is 34.2 Å². The molecule has 8 heteroatoms. The summed E-state index contributed by atoms with van der Waals surface area (Å²) in [6.07, 6.45) is 1.01. The molecule has 1 aromatic carbocycles. The highest BCUT2D eigenvalue weighted by Gasteiger charge is 2.13. The Balaban J connectivity index is 0.00000392. The Morgan fingerprint density at radius 2 is 1.86 bits per heavy atom. The van der Waals surface area contributed by atoms with Gasteiger partial charge in [0.2, 0.25) is 0 Å². The van der Waals surface area contributed by atoms with Crippen molar-refractivity contribution in [3.63, 3.8) is 0 Å². The molecule has 2 N–H and O–H groups in total. The molecule has 0 amide bonds. The Labute approximate surface area is 186 Å². The number of para-hydroxylation sites is 1. The predicted octanol–water partition coefficient (Wildman–Crippen LogP) is 3.10. The van der Waals surface area contributed by atoms with E-state index in [1.165, 1.54) is 5.69 Å². The molecule has 0 aliphatic rings. The fraction of sp³-hybridized carbons (Fsp3) is 0.550. The van der Waals surface area contributed by atoms with Crippen LogP contribution < -0.4 is 15.5 Å². The van der Waals surface area contributed by atoms with E-state index in [2.05, 4.69) is 82.8 Å². The van der Waals surface area contributed by atoms with Gasteiger partial charge in [0.05, 0.1) is 0 Å². The van der Waals surface area contributed by atoms with Crippen LogP contribution in [0.3, 0.4) is 0 Å². The summed E-state index contributed by atoms with van der Waals surface area (Å²) in [6.45, 7) is 10.6. The lowest BCUT2D eigenvalue weighted by molar-refractivity contribution is 0.499. The van der Waals surface area contributed by atoms with Gasteiger partial charge in [-0.1, -0.05) is 18.2 Å². The van der Waals surface area contributed by atoms with Gasteiger partial charge in [0.1, 0.15) is 12.4 Å². The first-order valence-corrected chi connectivity index (χ1v) is 9.44. The van der Waals surface area contributed by atoms with E-state index in [-0.39, 0.29) is 29.5 Å². The lowest BCUT2D eigenvalue weighted by Gasteiger charge is -2.24. The summed E-state index contributed by atoms with van der Waals surface area (Å²) in [4.78, 5) is 6.95. The lowest BCUT2D eigenvalue weighted by atomic mass is 10.1. The fourth-order valence-corrected chi connectivity index (χ4v) is 2.57. The Morgan fingerprint density at radius 1 is 1.18 bits per heavy atom. The molecule has 1 aromatic heterocycles. The molecule has 7 nitrogen and oxygen atoms in total. The molecule has 0 saturated carbocycles. The van der Waals surface area contributed by atoms with Crippen LogP contribution in [0, 0.1) is 6.92 Å². The van der Waals surface area contributed by atoms with Crippen molar-refractivity contribution in [1.29, 1.82) is 0 Å². The van der Waals surface area contributed by atoms with E-state index in [4.69, 9.17) is 0 Å². The molecule has 0 aliphatic carbocycles. The van der Waals surface area contributed by atoms with E-state index in [0.29, 0.717) is 6.54 Å². The molecule has 156 valence electrons. The minimum Gasteiger partial charge on any atom is -0.375 e. The van der Waals surface area contributed by atoms with Gasteiger partial charge in [-0.2, -0.15) is 0 Å². The van der Waals surface area contributed by atoms with Gasteiger partial charge in [-0.3, -0.25) is 0 Å². The number of rotatable bonds is 7. The van der Waals surface area contributed by atoms with Crippen LogP contribution in [-0.4, -0.2) is 46.4 Å². The molecule has 28 heavy (non-hydrogen) atoms. The van der Waals surface area contributed by atoms with E-state index in [0.717, 1.165) is 37.1 Å². The third-order valence-electron chi connectivity index (χ3n) is 4.21. The number of aromatic nitrogens is 3. The zero-order valence-electron chi connectivity index (χ0n) is 17.9. The summed E-state index contributed by atoms with van der Waals surface area (Å²) >= 11 is 0. The average Bonchev–Trinajstić information content (AvgIpc) is 2.94. The molecule has 0 spiro atoms. The quantitative estimate of drug-likeness (QED) is 0.265. The van der Waals surface area contributed by atoms with E-state index in [9.17, 15) is 0 Å². The van der Waals surface area contributed by atoms with Crippen LogP contribution >= 0.6 is 24.0 Å². The maximum atomic E-state index is 4.69. The van der Waals surface area contributed by atoms with Crippen LogP contribution in [0.5, 0.6) is 0 Å². The molecule has 0 radical (unpaired) electrons. The number of nitrogens with one attached hydrogen (secondary N) is 2. The van der Waals surface area contributed by atoms with Crippen molar-refractivity contribution in [2.75, 3.05) is 25.0 Å². The summed E-state index contributed by atoms with van der Waals surface area (Å²) in [5, 5.41) is 15.1. The Kier molecular flexibility index (Phi) is 9.71. The molecular formula is C20H34IN7. The summed E-state index contributed by atoms with van der Waals surface area (Å²) in [6, 6.07) is 10.4. The minimum atomic E-state index is -0.0670. The molecule has 0 saturated heterocycles. The minimum absolute atomic E-state index is 0. The van der Waals surface area contributed by atoms with Crippen molar-refractivity contribution in [1.82, 2.24) is 25.4 Å². The molecule has 1 heterocycles. The molecule has 0 unspecified atom stereocenters. The van der Waals surface area contributed by atoms with Crippen molar-refractivity contribution in [3.05, 3.63) is 42.0 Å². The predicted molar refractivity (Wildman–Crippen MR) is 128 cm³/mol. The molecule has 0 atom stereocenters. The number of halogens is 1.